The zero-order chi connectivity index (χ0) is 12.1. The fraction of sp³-hybridized carbons (Fsp3) is 0.538. The van der Waals surface area contributed by atoms with Gasteiger partial charge in [0.1, 0.15) is 11.6 Å². The average Bonchev–Trinajstić information content (AvgIpc) is 2.33. The number of hydrogen-bond acceptors (Lipinski definition) is 2. The summed E-state index contributed by atoms with van der Waals surface area (Å²) in [5, 5.41) is 6.71. The van der Waals surface area contributed by atoms with Crippen LogP contribution in [-0.2, 0) is 6.42 Å². The summed E-state index contributed by atoms with van der Waals surface area (Å²) < 4.78 is 26.0. The van der Waals surface area contributed by atoms with Gasteiger partial charge in [0.25, 0.3) is 0 Å². The van der Waals surface area contributed by atoms with Crippen molar-refractivity contribution >= 4 is 0 Å². The lowest BCUT2D eigenvalue weighted by Crippen LogP contribution is -2.43. The molecule has 0 bridgehead atoms. The minimum atomic E-state index is -0.518. The Bertz CT molecular complexity index is 362. The van der Waals surface area contributed by atoms with Gasteiger partial charge in [-0.3, -0.25) is 0 Å². The second-order valence-electron chi connectivity index (χ2n) is 4.48. The third-order valence-corrected chi connectivity index (χ3v) is 3.14. The first-order valence-corrected chi connectivity index (χ1v) is 6.14. The summed E-state index contributed by atoms with van der Waals surface area (Å²) >= 11 is 0. The van der Waals surface area contributed by atoms with Crippen molar-refractivity contribution in [1.82, 2.24) is 10.6 Å². The SMILES string of the molecule is Fc1ccc(CCNC2CCCNC2)c(F)c1. The molecule has 1 fully saturated rings. The molecule has 4 heteroatoms. The molecule has 0 saturated carbocycles. The highest BCUT2D eigenvalue weighted by Gasteiger charge is 2.11. The molecule has 0 radical (unpaired) electrons. The van der Waals surface area contributed by atoms with E-state index in [4.69, 9.17) is 0 Å². The molecule has 1 aliphatic rings. The molecule has 2 nitrogen and oxygen atoms in total. The minimum Gasteiger partial charge on any atom is -0.315 e. The predicted octanol–water partition coefficient (Wildman–Crippen LogP) is 1.85. The Hall–Kier alpha value is -1.00. The Kier molecular flexibility index (Phi) is 4.45. The summed E-state index contributed by atoms with van der Waals surface area (Å²) in [4.78, 5) is 0. The first-order valence-electron chi connectivity index (χ1n) is 6.14. The van der Waals surface area contributed by atoms with E-state index in [0.717, 1.165) is 25.7 Å². The number of benzene rings is 1. The van der Waals surface area contributed by atoms with E-state index in [0.29, 0.717) is 18.0 Å². The van der Waals surface area contributed by atoms with Crippen LogP contribution in [0.1, 0.15) is 18.4 Å². The molecule has 2 N–H and O–H groups in total. The molecule has 0 amide bonds. The lowest BCUT2D eigenvalue weighted by Gasteiger charge is -2.23. The Labute approximate surface area is 100 Å². The van der Waals surface area contributed by atoms with Gasteiger partial charge < -0.3 is 10.6 Å². The number of rotatable bonds is 4. The first kappa shape index (κ1) is 12.5. The standard InChI is InChI=1S/C13H18F2N2/c14-11-4-3-10(13(15)8-11)5-7-17-12-2-1-6-16-9-12/h3-4,8,12,16-17H,1-2,5-7,9H2. The molecule has 1 atom stereocenters. The van der Waals surface area contributed by atoms with Crippen LogP contribution in [0.15, 0.2) is 18.2 Å². The zero-order valence-corrected chi connectivity index (χ0v) is 9.81. The molecule has 2 rings (SSSR count). The molecule has 1 aromatic carbocycles. The Morgan fingerprint density at radius 2 is 2.24 bits per heavy atom. The molecule has 0 aromatic heterocycles. The lowest BCUT2D eigenvalue weighted by molar-refractivity contribution is 0.391. The first-order chi connectivity index (χ1) is 8.25. The van der Waals surface area contributed by atoms with Crippen molar-refractivity contribution in [2.24, 2.45) is 0 Å². The van der Waals surface area contributed by atoms with E-state index in [1.165, 1.54) is 25.0 Å². The van der Waals surface area contributed by atoms with Crippen LogP contribution in [0.25, 0.3) is 0 Å². The van der Waals surface area contributed by atoms with E-state index in [9.17, 15) is 8.78 Å². The van der Waals surface area contributed by atoms with E-state index >= 15 is 0 Å². The topological polar surface area (TPSA) is 24.1 Å². The van der Waals surface area contributed by atoms with Crippen LogP contribution in [0.4, 0.5) is 8.78 Å². The van der Waals surface area contributed by atoms with Gasteiger partial charge in [0.2, 0.25) is 0 Å². The second-order valence-corrected chi connectivity index (χ2v) is 4.48. The van der Waals surface area contributed by atoms with Crippen LogP contribution < -0.4 is 10.6 Å². The summed E-state index contributed by atoms with van der Waals surface area (Å²) in [6.45, 7) is 2.80. The van der Waals surface area contributed by atoms with Gasteiger partial charge in [-0.15, -0.1) is 0 Å². The van der Waals surface area contributed by atoms with Gasteiger partial charge in [0, 0.05) is 18.7 Å². The van der Waals surface area contributed by atoms with E-state index in [2.05, 4.69) is 10.6 Å². The maximum atomic E-state index is 13.3. The Morgan fingerprint density at radius 1 is 1.35 bits per heavy atom. The Morgan fingerprint density at radius 3 is 2.94 bits per heavy atom. The predicted molar refractivity (Wildman–Crippen MR) is 64.0 cm³/mol. The fourth-order valence-electron chi connectivity index (χ4n) is 2.16. The van der Waals surface area contributed by atoms with Crippen molar-refractivity contribution in [2.75, 3.05) is 19.6 Å². The van der Waals surface area contributed by atoms with Gasteiger partial charge in [-0.1, -0.05) is 6.07 Å². The molecule has 0 aliphatic carbocycles. The lowest BCUT2D eigenvalue weighted by atomic mass is 10.1. The maximum absolute atomic E-state index is 13.3. The maximum Gasteiger partial charge on any atom is 0.129 e. The van der Waals surface area contributed by atoms with Crippen molar-refractivity contribution in [3.63, 3.8) is 0 Å². The summed E-state index contributed by atoms with van der Waals surface area (Å²) in [6.07, 6.45) is 2.95. The quantitative estimate of drug-likeness (QED) is 0.839. The monoisotopic (exact) mass is 240 g/mol. The highest BCUT2D eigenvalue weighted by atomic mass is 19.1. The van der Waals surface area contributed by atoms with E-state index in [1.807, 2.05) is 0 Å². The zero-order valence-electron chi connectivity index (χ0n) is 9.81. The molecule has 1 unspecified atom stereocenters. The molecule has 1 aliphatic heterocycles. The number of hydrogen-bond donors (Lipinski definition) is 2. The van der Waals surface area contributed by atoms with Gasteiger partial charge in [0.15, 0.2) is 0 Å². The van der Waals surface area contributed by atoms with Gasteiger partial charge in [0.05, 0.1) is 0 Å². The molecule has 0 spiro atoms. The number of piperidine rings is 1. The molecular weight excluding hydrogens is 222 g/mol. The van der Waals surface area contributed by atoms with E-state index < -0.39 is 11.6 Å². The summed E-state index contributed by atoms with van der Waals surface area (Å²) in [6, 6.07) is 4.25. The summed E-state index contributed by atoms with van der Waals surface area (Å²) in [5.74, 6) is -0.968. The summed E-state index contributed by atoms with van der Waals surface area (Å²) in [5.41, 5.74) is 0.572. The van der Waals surface area contributed by atoms with Crippen LogP contribution in [0, 0.1) is 11.6 Å². The molecule has 94 valence electrons. The van der Waals surface area contributed by atoms with Crippen molar-refractivity contribution in [1.29, 1.82) is 0 Å². The summed E-state index contributed by atoms with van der Waals surface area (Å²) in [7, 11) is 0. The molecule has 1 heterocycles. The third-order valence-electron chi connectivity index (χ3n) is 3.14. The fourth-order valence-corrected chi connectivity index (χ4v) is 2.16. The molecule has 1 aromatic rings. The normalized spacial score (nSPS) is 20.5. The largest absolute Gasteiger partial charge is 0.315 e. The molecular formula is C13H18F2N2. The van der Waals surface area contributed by atoms with Crippen LogP contribution in [0.5, 0.6) is 0 Å². The van der Waals surface area contributed by atoms with Crippen molar-refractivity contribution in [3.05, 3.63) is 35.4 Å². The Balaban J connectivity index is 1.77. The van der Waals surface area contributed by atoms with E-state index in [-0.39, 0.29) is 0 Å². The van der Waals surface area contributed by atoms with Crippen LogP contribution >= 0.6 is 0 Å². The van der Waals surface area contributed by atoms with Crippen molar-refractivity contribution < 1.29 is 8.78 Å². The average molecular weight is 240 g/mol. The van der Waals surface area contributed by atoms with E-state index in [1.54, 1.807) is 0 Å². The van der Waals surface area contributed by atoms with Gasteiger partial charge in [-0.25, -0.2) is 8.78 Å². The van der Waals surface area contributed by atoms with Crippen LogP contribution in [0.3, 0.4) is 0 Å². The highest BCUT2D eigenvalue weighted by molar-refractivity contribution is 5.18. The van der Waals surface area contributed by atoms with Gasteiger partial charge >= 0.3 is 0 Å². The van der Waals surface area contributed by atoms with Crippen LogP contribution in [0.2, 0.25) is 0 Å². The van der Waals surface area contributed by atoms with Crippen molar-refractivity contribution in [2.45, 2.75) is 25.3 Å². The van der Waals surface area contributed by atoms with Crippen molar-refractivity contribution in [3.8, 4) is 0 Å². The number of nitrogens with one attached hydrogen (secondary N) is 2. The smallest absolute Gasteiger partial charge is 0.129 e. The second kappa shape index (κ2) is 6.07. The van der Waals surface area contributed by atoms with Crippen LogP contribution in [-0.4, -0.2) is 25.7 Å². The molecule has 1 saturated heterocycles. The highest BCUT2D eigenvalue weighted by Crippen LogP contribution is 2.10. The minimum absolute atomic E-state index is 0.450. The van der Waals surface area contributed by atoms with Gasteiger partial charge in [-0.2, -0.15) is 0 Å². The third kappa shape index (κ3) is 3.75. The number of halogens is 2. The molecule has 17 heavy (non-hydrogen) atoms. The van der Waals surface area contributed by atoms with Gasteiger partial charge in [-0.05, 0) is 44.0 Å².